The van der Waals surface area contributed by atoms with Gasteiger partial charge in [-0.3, -0.25) is 4.79 Å². The quantitative estimate of drug-likeness (QED) is 0.336. The number of unbranched alkanes of at least 4 members (excludes halogenated alkanes) is 1. The van der Waals surface area contributed by atoms with Gasteiger partial charge in [0.15, 0.2) is 0 Å². The molecule has 0 aromatic heterocycles. The predicted molar refractivity (Wildman–Crippen MR) is 108 cm³/mol. The minimum atomic E-state index is -1.17. The summed E-state index contributed by atoms with van der Waals surface area (Å²) in [6.45, 7) is 1.79. The van der Waals surface area contributed by atoms with Crippen molar-refractivity contribution in [2.45, 2.75) is 19.8 Å². The van der Waals surface area contributed by atoms with Gasteiger partial charge in [-0.1, -0.05) is 13.3 Å². The van der Waals surface area contributed by atoms with E-state index in [0.29, 0.717) is 28.6 Å². The first-order chi connectivity index (χ1) is 14.9. The third kappa shape index (κ3) is 7.61. The first kappa shape index (κ1) is 23.7. The minimum Gasteiger partial charge on any atom is -0.492 e. The molecule has 0 unspecified atom stereocenters. The normalized spacial score (nSPS) is 10.2. The number of benzene rings is 2. The van der Waals surface area contributed by atoms with E-state index in [9.17, 15) is 18.8 Å². The number of imide groups is 1. The summed E-state index contributed by atoms with van der Waals surface area (Å²) < 4.78 is 33.5. The van der Waals surface area contributed by atoms with Crippen molar-refractivity contribution < 1.29 is 37.7 Å². The maximum Gasteiger partial charge on any atom is 0.417 e. The van der Waals surface area contributed by atoms with E-state index < -0.39 is 18.0 Å². The van der Waals surface area contributed by atoms with Gasteiger partial charge in [0.2, 0.25) is 0 Å². The van der Waals surface area contributed by atoms with Crippen molar-refractivity contribution in [1.82, 2.24) is 4.90 Å². The molecule has 0 bridgehead atoms. The van der Waals surface area contributed by atoms with Gasteiger partial charge in [0.05, 0.1) is 20.3 Å². The van der Waals surface area contributed by atoms with E-state index in [1.54, 1.807) is 24.3 Å². The Kier molecular flexibility index (Phi) is 9.28. The second-order valence-electron chi connectivity index (χ2n) is 6.29. The van der Waals surface area contributed by atoms with Gasteiger partial charge in [-0.2, -0.15) is 0 Å². The number of carbonyl (C=O) groups excluding carboxylic acids is 3. The number of amides is 2. The number of rotatable bonds is 9. The van der Waals surface area contributed by atoms with E-state index in [4.69, 9.17) is 14.2 Å². The molecule has 0 atom stereocenters. The molecule has 2 amide bonds. The van der Waals surface area contributed by atoms with Gasteiger partial charge in [-0.15, -0.1) is 0 Å². The number of carbonyl (C=O) groups is 3. The van der Waals surface area contributed by atoms with Crippen molar-refractivity contribution >= 4 is 18.0 Å². The molecule has 0 spiro atoms. The summed E-state index contributed by atoms with van der Waals surface area (Å²) in [5.41, 5.74) is 0. The van der Waals surface area contributed by atoms with Crippen molar-refractivity contribution in [2.75, 3.05) is 26.9 Å². The van der Waals surface area contributed by atoms with Crippen molar-refractivity contribution in [2.24, 2.45) is 0 Å². The number of methoxy groups -OCH3 is 1. The number of esters is 1. The number of hydrogen-bond acceptors (Lipinski definition) is 7. The van der Waals surface area contributed by atoms with E-state index in [-0.39, 0.29) is 25.6 Å². The zero-order valence-electron chi connectivity index (χ0n) is 17.3. The Morgan fingerprint density at radius 1 is 0.903 bits per heavy atom. The summed E-state index contributed by atoms with van der Waals surface area (Å²) in [5.74, 6) is -1.21. The zero-order chi connectivity index (χ0) is 22.6. The molecule has 0 radical (unpaired) electrons. The largest absolute Gasteiger partial charge is 0.492 e. The highest BCUT2D eigenvalue weighted by Gasteiger charge is 2.29. The molecule has 0 aliphatic rings. The fourth-order valence-electron chi connectivity index (χ4n) is 2.35. The van der Waals surface area contributed by atoms with Crippen LogP contribution in [0.25, 0.3) is 0 Å². The fraction of sp³-hybridized carbons (Fsp3) is 0.318. The van der Waals surface area contributed by atoms with E-state index in [1.807, 2.05) is 6.92 Å². The summed E-state index contributed by atoms with van der Waals surface area (Å²) >= 11 is 0. The Labute approximate surface area is 179 Å². The lowest BCUT2D eigenvalue weighted by Gasteiger charge is -2.19. The number of ether oxygens (including phenoxy) is 4. The molecule has 31 heavy (non-hydrogen) atoms. The first-order valence-corrected chi connectivity index (χ1v) is 9.67. The molecule has 0 N–H and O–H groups in total. The van der Waals surface area contributed by atoms with Gasteiger partial charge in [-0.25, -0.2) is 18.9 Å². The highest BCUT2D eigenvalue weighted by molar-refractivity contribution is 6.34. The van der Waals surface area contributed by atoms with E-state index >= 15 is 0 Å². The van der Waals surface area contributed by atoms with Gasteiger partial charge in [0.25, 0.3) is 0 Å². The monoisotopic (exact) mass is 433 g/mol. The Morgan fingerprint density at radius 3 is 2.06 bits per heavy atom. The predicted octanol–water partition coefficient (Wildman–Crippen LogP) is 3.94. The third-order valence-electron chi connectivity index (χ3n) is 4.01. The fourth-order valence-corrected chi connectivity index (χ4v) is 2.35. The van der Waals surface area contributed by atoms with Crippen LogP contribution in [-0.2, 0) is 19.1 Å². The summed E-state index contributed by atoms with van der Waals surface area (Å²) in [6, 6.07) is 12.2. The zero-order valence-corrected chi connectivity index (χ0v) is 17.3. The molecule has 9 heteroatoms. The molecule has 166 valence electrons. The van der Waals surface area contributed by atoms with Crippen molar-refractivity contribution in [1.29, 1.82) is 0 Å². The van der Waals surface area contributed by atoms with Crippen LogP contribution in [-0.4, -0.2) is 49.7 Å². The van der Waals surface area contributed by atoms with Crippen LogP contribution >= 0.6 is 0 Å². The third-order valence-corrected chi connectivity index (χ3v) is 4.01. The highest BCUT2D eigenvalue weighted by atomic mass is 19.1. The van der Waals surface area contributed by atoms with Gasteiger partial charge >= 0.3 is 18.0 Å². The standard InChI is InChI=1S/C22H24FNO7/c1-3-4-14-30-22(27)24(20(25)21(26)28-2)13-15-29-17-9-11-19(12-10-17)31-18-7-5-16(23)6-8-18/h5-12H,3-4,13-15H2,1-2H3. The van der Waals surface area contributed by atoms with Gasteiger partial charge in [-0.05, 0) is 55.0 Å². The molecule has 8 nitrogen and oxygen atoms in total. The van der Waals surface area contributed by atoms with E-state index in [1.165, 1.54) is 24.3 Å². The molecule has 0 saturated heterocycles. The van der Waals surface area contributed by atoms with E-state index in [2.05, 4.69) is 4.74 Å². The second-order valence-corrected chi connectivity index (χ2v) is 6.29. The Hall–Kier alpha value is -3.62. The highest BCUT2D eigenvalue weighted by Crippen LogP contribution is 2.24. The summed E-state index contributed by atoms with van der Waals surface area (Å²) in [5, 5.41) is 0. The van der Waals surface area contributed by atoms with Crippen LogP contribution in [0.1, 0.15) is 19.8 Å². The number of nitrogens with zero attached hydrogens (tertiary/aromatic N) is 1. The molecule has 0 aliphatic heterocycles. The van der Waals surface area contributed by atoms with Crippen LogP contribution in [0.3, 0.4) is 0 Å². The average Bonchev–Trinajstić information content (AvgIpc) is 2.78. The molecule has 0 fully saturated rings. The molecule has 2 rings (SSSR count). The molecular weight excluding hydrogens is 409 g/mol. The summed E-state index contributed by atoms with van der Waals surface area (Å²) in [4.78, 5) is 36.4. The summed E-state index contributed by atoms with van der Waals surface area (Å²) in [6.07, 6.45) is 0.507. The Bertz CT molecular complexity index is 868. The molecule has 2 aromatic carbocycles. The SMILES string of the molecule is CCCCOC(=O)N(CCOc1ccc(Oc2ccc(F)cc2)cc1)C(=O)C(=O)OC. The van der Waals surface area contributed by atoms with Crippen LogP contribution in [0.4, 0.5) is 9.18 Å². The summed E-state index contributed by atoms with van der Waals surface area (Å²) in [7, 11) is 1.05. The van der Waals surface area contributed by atoms with Crippen LogP contribution in [0, 0.1) is 5.82 Å². The topological polar surface area (TPSA) is 91.4 Å². The molecule has 0 aliphatic carbocycles. The van der Waals surface area contributed by atoms with Gasteiger partial charge in [0.1, 0.15) is 29.7 Å². The number of hydrogen-bond donors (Lipinski definition) is 0. The lowest BCUT2D eigenvalue weighted by atomic mass is 10.3. The lowest BCUT2D eigenvalue weighted by molar-refractivity contribution is -0.157. The average molecular weight is 433 g/mol. The lowest BCUT2D eigenvalue weighted by Crippen LogP contribution is -2.44. The Morgan fingerprint density at radius 2 is 1.48 bits per heavy atom. The van der Waals surface area contributed by atoms with Crippen molar-refractivity contribution in [3.05, 3.63) is 54.3 Å². The molecular formula is C22H24FNO7. The second kappa shape index (κ2) is 12.2. The maximum atomic E-state index is 12.9. The van der Waals surface area contributed by atoms with Crippen molar-refractivity contribution in [3.8, 4) is 17.2 Å². The molecule has 0 heterocycles. The molecule has 2 aromatic rings. The first-order valence-electron chi connectivity index (χ1n) is 9.67. The van der Waals surface area contributed by atoms with E-state index in [0.717, 1.165) is 13.5 Å². The van der Waals surface area contributed by atoms with Gasteiger partial charge < -0.3 is 18.9 Å². The minimum absolute atomic E-state index is 0.0657. The number of halogens is 1. The maximum absolute atomic E-state index is 12.9. The van der Waals surface area contributed by atoms with Crippen molar-refractivity contribution in [3.63, 3.8) is 0 Å². The van der Waals surface area contributed by atoms with Crippen LogP contribution in [0.5, 0.6) is 17.2 Å². The van der Waals surface area contributed by atoms with Crippen LogP contribution in [0.2, 0.25) is 0 Å². The van der Waals surface area contributed by atoms with Gasteiger partial charge in [0, 0.05) is 0 Å². The van der Waals surface area contributed by atoms with Crippen LogP contribution < -0.4 is 9.47 Å². The smallest absolute Gasteiger partial charge is 0.417 e. The Balaban J connectivity index is 1.91. The van der Waals surface area contributed by atoms with Crippen LogP contribution in [0.15, 0.2) is 48.5 Å². The molecule has 0 saturated carbocycles.